The Balaban J connectivity index is 1.27. The van der Waals surface area contributed by atoms with E-state index < -0.39 is 81.2 Å². The molecule has 50 heavy (non-hydrogen) atoms. The molecule has 0 aliphatic carbocycles. The Kier molecular flexibility index (Phi) is 9.94. The van der Waals surface area contributed by atoms with Crippen molar-refractivity contribution in [2.24, 2.45) is 0 Å². The van der Waals surface area contributed by atoms with Gasteiger partial charge >= 0.3 is 11.9 Å². The normalized spacial score (nSPS) is 10.4. The van der Waals surface area contributed by atoms with Gasteiger partial charge in [-0.1, -0.05) is 35.8 Å². The van der Waals surface area contributed by atoms with Crippen molar-refractivity contribution in [3.05, 3.63) is 164 Å². The molecule has 0 aromatic heterocycles. The Morgan fingerprint density at radius 1 is 0.380 bits per heavy atom. The van der Waals surface area contributed by atoms with Gasteiger partial charge in [0.05, 0.1) is 11.1 Å². The fraction of sp³-hybridized carbons (Fsp3) is 0. The number of hydrogen-bond donors (Lipinski definition) is 0. The summed E-state index contributed by atoms with van der Waals surface area (Å²) in [6, 6.07) is 15.1. The van der Waals surface area contributed by atoms with Gasteiger partial charge in [0.25, 0.3) is 0 Å². The molecule has 0 bridgehead atoms. The first kappa shape index (κ1) is 34.8. The van der Waals surface area contributed by atoms with Crippen LogP contribution in [0.4, 0.5) is 43.9 Å². The largest absolute Gasteiger partial charge is 0.423 e. The van der Waals surface area contributed by atoms with E-state index in [1.54, 1.807) is 0 Å². The van der Waals surface area contributed by atoms with Gasteiger partial charge in [-0.15, -0.1) is 0 Å². The summed E-state index contributed by atoms with van der Waals surface area (Å²) < 4.78 is 146. The van der Waals surface area contributed by atoms with Crippen molar-refractivity contribution in [2.45, 2.75) is 0 Å². The van der Waals surface area contributed by atoms with E-state index in [4.69, 9.17) is 9.47 Å². The number of halogens is 10. The third-order valence-corrected chi connectivity index (χ3v) is 6.58. The molecular weight excluding hydrogens is 686 g/mol. The van der Waals surface area contributed by atoms with Crippen LogP contribution in [0.3, 0.4) is 0 Å². The molecule has 250 valence electrons. The number of rotatable bonds is 4. The van der Waals surface area contributed by atoms with Gasteiger partial charge in [-0.25, -0.2) is 53.5 Å². The molecule has 0 amide bonds. The number of hydrogen-bond acceptors (Lipinski definition) is 4. The standard InChI is InChI=1S/C36H12F10O4/c37-25-23(26(38)30(42)33(45)29(25)41)15-9-17-5-11-19(12-6-17)49-35(47)21-3-1-2-4-22(21)36(48)50-20-13-7-18(8-14-20)10-16-24-27(39)31(43)34(46)32(44)28(24)40/h1-8,11-14H. The summed E-state index contributed by atoms with van der Waals surface area (Å²) in [6.07, 6.45) is 0. The minimum absolute atomic E-state index is 0.0484. The van der Waals surface area contributed by atoms with Crippen LogP contribution in [0.5, 0.6) is 11.5 Å². The van der Waals surface area contributed by atoms with E-state index in [2.05, 4.69) is 11.8 Å². The highest BCUT2D eigenvalue weighted by Crippen LogP contribution is 2.24. The number of carbonyl (C=O) groups excluding carboxylic acids is 2. The summed E-state index contributed by atoms with van der Waals surface area (Å²) in [5.41, 5.74) is -3.05. The van der Waals surface area contributed by atoms with Crippen LogP contribution in [-0.4, -0.2) is 11.9 Å². The number of esters is 2. The van der Waals surface area contributed by atoms with Crippen molar-refractivity contribution in [1.82, 2.24) is 0 Å². The molecule has 0 unspecified atom stereocenters. The monoisotopic (exact) mass is 698 g/mol. The molecule has 14 heteroatoms. The first-order valence-corrected chi connectivity index (χ1v) is 13.6. The molecule has 0 aliphatic heterocycles. The number of ether oxygens (including phenoxy) is 2. The van der Waals surface area contributed by atoms with Crippen LogP contribution in [-0.2, 0) is 0 Å². The Bertz CT molecular complexity index is 2090. The van der Waals surface area contributed by atoms with Crippen LogP contribution in [0.2, 0.25) is 0 Å². The highest BCUT2D eigenvalue weighted by Gasteiger charge is 2.26. The lowest BCUT2D eigenvalue weighted by molar-refractivity contribution is 0.0692. The molecule has 0 radical (unpaired) electrons. The zero-order valence-corrected chi connectivity index (χ0v) is 24.3. The van der Waals surface area contributed by atoms with Gasteiger partial charge in [0, 0.05) is 11.1 Å². The molecule has 0 spiro atoms. The molecule has 5 aromatic carbocycles. The zero-order valence-electron chi connectivity index (χ0n) is 24.3. The Hall–Kier alpha value is -6.54. The van der Waals surface area contributed by atoms with Gasteiger partial charge in [-0.2, -0.15) is 0 Å². The van der Waals surface area contributed by atoms with E-state index >= 15 is 0 Å². The van der Waals surface area contributed by atoms with E-state index in [-0.39, 0.29) is 33.8 Å². The summed E-state index contributed by atoms with van der Waals surface area (Å²) >= 11 is 0. The molecule has 0 heterocycles. The maximum absolute atomic E-state index is 13.9. The molecular formula is C36H12F10O4. The van der Waals surface area contributed by atoms with Gasteiger partial charge in [-0.05, 0) is 60.7 Å². The fourth-order valence-corrected chi connectivity index (χ4v) is 4.07. The Morgan fingerprint density at radius 3 is 0.960 bits per heavy atom. The SMILES string of the molecule is O=C(Oc1ccc(C#Cc2c(F)c(F)c(F)c(F)c2F)cc1)c1ccccc1C(=O)Oc1ccc(C#Cc2c(F)c(F)c(F)c(F)c2F)cc1. The fourth-order valence-electron chi connectivity index (χ4n) is 4.07. The van der Waals surface area contributed by atoms with Crippen molar-refractivity contribution in [1.29, 1.82) is 0 Å². The molecule has 0 N–H and O–H groups in total. The predicted octanol–water partition coefficient (Wildman–Crippen LogP) is 8.32. The average molecular weight is 698 g/mol. The van der Waals surface area contributed by atoms with Crippen molar-refractivity contribution < 1.29 is 63.0 Å². The molecule has 0 aliphatic rings. The predicted molar refractivity (Wildman–Crippen MR) is 154 cm³/mol. The summed E-state index contributed by atoms with van der Waals surface area (Å²) in [7, 11) is 0. The second-order valence-corrected chi connectivity index (χ2v) is 9.76. The van der Waals surface area contributed by atoms with Crippen molar-refractivity contribution in [2.75, 3.05) is 0 Å². The van der Waals surface area contributed by atoms with Gasteiger partial charge in [-0.3, -0.25) is 0 Å². The third-order valence-electron chi connectivity index (χ3n) is 6.58. The molecule has 0 fully saturated rings. The molecule has 0 saturated heterocycles. The van der Waals surface area contributed by atoms with Crippen LogP contribution < -0.4 is 9.47 Å². The highest BCUT2D eigenvalue weighted by atomic mass is 19.2. The number of carbonyl (C=O) groups is 2. The minimum Gasteiger partial charge on any atom is -0.423 e. The first-order valence-electron chi connectivity index (χ1n) is 13.6. The van der Waals surface area contributed by atoms with Gasteiger partial charge in [0.2, 0.25) is 11.6 Å². The summed E-state index contributed by atoms with van der Waals surface area (Å²) in [6.45, 7) is 0. The second-order valence-electron chi connectivity index (χ2n) is 9.76. The topological polar surface area (TPSA) is 52.6 Å². The highest BCUT2D eigenvalue weighted by molar-refractivity contribution is 6.04. The maximum Gasteiger partial charge on any atom is 0.344 e. The van der Waals surface area contributed by atoms with E-state index in [0.717, 1.165) is 0 Å². The van der Waals surface area contributed by atoms with Crippen molar-refractivity contribution in [3.63, 3.8) is 0 Å². The second kappa shape index (κ2) is 14.3. The molecule has 0 saturated carbocycles. The van der Waals surface area contributed by atoms with Crippen molar-refractivity contribution >= 4 is 11.9 Å². The van der Waals surface area contributed by atoms with E-state index in [1.807, 2.05) is 11.8 Å². The van der Waals surface area contributed by atoms with Crippen LogP contribution in [0.1, 0.15) is 43.0 Å². The van der Waals surface area contributed by atoms with E-state index in [0.29, 0.717) is 0 Å². The first-order chi connectivity index (χ1) is 23.8. The number of benzene rings is 5. The molecule has 5 rings (SSSR count). The molecule has 0 atom stereocenters. The smallest absolute Gasteiger partial charge is 0.344 e. The lowest BCUT2D eigenvalue weighted by Crippen LogP contribution is -2.17. The zero-order chi connectivity index (χ0) is 36.3. The Morgan fingerprint density at radius 2 is 0.660 bits per heavy atom. The van der Waals surface area contributed by atoms with Gasteiger partial charge in [0.15, 0.2) is 46.5 Å². The van der Waals surface area contributed by atoms with Gasteiger partial charge in [0.1, 0.15) is 22.6 Å². The Labute approximate surface area is 274 Å². The van der Waals surface area contributed by atoms with E-state index in [9.17, 15) is 53.5 Å². The summed E-state index contributed by atoms with van der Waals surface area (Å²) in [4.78, 5) is 25.8. The summed E-state index contributed by atoms with van der Waals surface area (Å²) in [5.74, 6) is -15.6. The lowest BCUT2D eigenvalue weighted by Gasteiger charge is -2.10. The van der Waals surface area contributed by atoms with Crippen LogP contribution in [0.25, 0.3) is 0 Å². The molecule has 5 aromatic rings. The van der Waals surface area contributed by atoms with Crippen molar-refractivity contribution in [3.8, 4) is 35.2 Å². The van der Waals surface area contributed by atoms with E-state index in [1.165, 1.54) is 72.8 Å². The third kappa shape index (κ3) is 7.00. The summed E-state index contributed by atoms with van der Waals surface area (Å²) in [5, 5.41) is 0. The van der Waals surface area contributed by atoms with Crippen LogP contribution in [0.15, 0.2) is 72.8 Å². The quantitative estimate of drug-likeness (QED) is 0.0474. The van der Waals surface area contributed by atoms with Gasteiger partial charge < -0.3 is 9.47 Å². The minimum atomic E-state index is -2.33. The van der Waals surface area contributed by atoms with Crippen LogP contribution in [0, 0.1) is 81.9 Å². The lowest BCUT2D eigenvalue weighted by atomic mass is 10.1. The maximum atomic E-state index is 13.9. The molecule has 4 nitrogen and oxygen atoms in total. The van der Waals surface area contributed by atoms with Crippen LogP contribution >= 0.6 is 0 Å². The average Bonchev–Trinajstić information content (AvgIpc) is 3.12.